The van der Waals surface area contributed by atoms with Gasteiger partial charge in [0.15, 0.2) is 0 Å². The standard InChI is InChI=1S/C13H13NO3/c1-14-7-9(13(15)16)12-8-3-2-6-17-11(8)5-4-10(12)14/h4-5,7H,2-3,6H2,1H3,(H,15,16). The van der Waals surface area contributed by atoms with Crippen LogP contribution in [-0.4, -0.2) is 22.2 Å². The molecule has 17 heavy (non-hydrogen) atoms. The van der Waals surface area contributed by atoms with E-state index in [1.54, 1.807) is 6.20 Å². The fourth-order valence-corrected chi connectivity index (χ4v) is 2.52. The van der Waals surface area contributed by atoms with Crippen molar-refractivity contribution < 1.29 is 14.6 Å². The number of ether oxygens (including phenoxy) is 1. The molecule has 0 saturated carbocycles. The summed E-state index contributed by atoms with van der Waals surface area (Å²) in [4.78, 5) is 11.3. The van der Waals surface area contributed by atoms with Crippen molar-refractivity contribution in [2.45, 2.75) is 12.8 Å². The molecule has 0 bridgehead atoms. The number of fused-ring (bicyclic) bond motifs is 3. The Kier molecular flexibility index (Phi) is 2.11. The highest BCUT2D eigenvalue weighted by atomic mass is 16.5. The number of aromatic carboxylic acids is 1. The van der Waals surface area contributed by atoms with E-state index in [1.807, 2.05) is 23.7 Å². The number of carboxylic acid groups (broad SMARTS) is 1. The zero-order valence-electron chi connectivity index (χ0n) is 9.56. The first kappa shape index (κ1) is 10.2. The molecule has 0 unspecified atom stereocenters. The van der Waals surface area contributed by atoms with E-state index >= 15 is 0 Å². The van der Waals surface area contributed by atoms with Crippen LogP contribution in [0.15, 0.2) is 18.3 Å². The van der Waals surface area contributed by atoms with E-state index in [0.29, 0.717) is 12.2 Å². The molecule has 0 saturated heterocycles. The van der Waals surface area contributed by atoms with Gasteiger partial charge in [-0.25, -0.2) is 4.79 Å². The molecule has 1 aromatic heterocycles. The first-order valence-corrected chi connectivity index (χ1v) is 5.65. The Balaban J connectivity index is 2.40. The van der Waals surface area contributed by atoms with E-state index in [4.69, 9.17) is 4.74 Å². The predicted molar refractivity (Wildman–Crippen MR) is 63.7 cm³/mol. The molecule has 0 aliphatic carbocycles. The van der Waals surface area contributed by atoms with Gasteiger partial charge >= 0.3 is 5.97 Å². The quantitative estimate of drug-likeness (QED) is 0.818. The second kappa shape index (κ2) is 3.52. The van der Waals surface area contributed by atoms with Crippen LogP contribution in [0.5, 0.6) is 5.75 Å². The van der Waals surface area contributed by atoms with Gasteiger partial charge in [0.1, 0.15) is 5.75 Å². The van der Waals surface area contributed by atoms with Crippen molar-refractivity contribution in [2.75, 3.05) is 6.61 Å². The van der Waals surface area contributed by atoms with Crippen molar-refractivity contribution in [3.63, 3.8) is 0 Å². The predicted octanol–water partition coefficient (Wildman–Crippen LogP) is 2.20. The normalized spacial score (nSPS) is 14.4. The van der Waals surface area contributed by atoms with Crippen molar-refractivity contribution >= 4 is 16.9 Å². The number of carbonyl (C=O) groups is 1. The van der Waals surface area contributed by atoms with Gasteiger partial charge in [0.05, 0.1) is 12.2 Å². The molecule has 1 aliphatic heterocycles. The first-order valence-electron chi connectivity index (χ1n) is 5.65. The maximum absolute atomic E-state index is 11.3. The van der Waals surface area contributed by atoms with Crippen LogP contribution in [0.1, 0.15) is 22.3 Å². The number of hydrogen-bond donors (Lipinski definition) is 1. The number of hydrogen-bond acceptors (Lipinski definition) is 2. The molecule has 0 fully saturated rings. The van der Waals surface area contributed by atoms with Crippen LogP contribution >= 0.6 is 0 Å². The lowest BCUT2D eigenvalue weighted by Gasteiger charge is -2.18. The lowest BCUT2D eigenvalue weighted by molar-refractivity contribution is 0.0698. The minimum absolute atomic E-state index is 0.366. The molecule has 2 heterocycles. The third-order valence-electron chi connectivity index (χ3n) is 3.28. The molecule has 0 spiro atoms. The van der Waals surface area contributed by atoms with E-state index in [-0.39, 0.29) is 0 Å². The van der Waals surface area contributed by atoms with Crippen LogP contribution < -0.4 is 4.74 Å². The van der Waals surface area contributed by atoms with E-state index in [1.165, 1.54) is 0 Å². The Labute approximate surface area is 98.4 Å². The Morgan fingerprint density at radius 2 is 2.29 bits per heavy atom. The summed E-state index contributed by atoms with van der Waals surface area (Å²) in [7, 11) is 1.87. The summed E-state index contributed by atoms with van der Waals surface area (Å²) < 4.78 is 7.43. The molecular formula is C13H13NO3. The number of carboxylic acids is 1. The summed E-state index contributed by atoms with van der Waals surface area (Å²) in [6.07, 6.45) is 3.50. The highest BCUT2D eigenvalue weighted by Crippen LogP contribution is 2.34. The van der Waals surface area contributed by atoms with Crippen molar-refractivity contribution in [3.05, 3.63) is 29.5 Å². The van der Waals surface area contributed by atoms with Gasteiger partial charge in [-0.15, -0.1) is 0 Å². The second-order valence-corrected chi connectivity index (χ2v) is 4.35. The Bertz CT molecular complexity index is 613. The summed E-state index contributed by atoms with van der Waals surface area (Å²) in [5.41, 5.74) is 2.35. The van der Waals surface area contributed by atoms with Gasteiger partial charge < -0.3 is 14.4 Å². The Hall–Kier alpha value is -1.97. The van der Waals surface area contributed by atoms with E-state index < -0.39 is 5.97 Å². The molecule has 1 aliphatic rings. The topological polar surface area (TPSA) is 51.5 Å². The van der Waals surface area contributed by atoms with Crippen molar-refractivity contribution in [1.82, 2.24) is 4.57 Å². The van der Waals surface area contributed by atoms with Gasteiger partial charge in [-0.1, -0.05) is 0 Å². The van der Waals surface area contributed by atoms with E-state index in [0.717, 1.165) is 35.1 Å². The van der Waals surface area contributed by atoms with Crippen LogP contribution in [0.3, 0.4) is 0 Å². The Morgan fingerprint density at radius 1 is 1.47 bits per heavy atom. The number of benzene rings is 1. The fourth-order valence-electron chi connectivity index (χ4n) is 2.52. The average molecular weight is 231 g/mol. The number of nitrogens with zero attached hydrogens (tertiary/aromatic N) is 1. The zero-order chi connectivity index (χ0) is 12.0. The molecule has 1 aromatic carbocycles. The molecule has 0 atom stereocenters. The summed E-state index contributed by atoms with van der Waals surface area (Å²) in [6.45, 7) is 0.716. The van der Waals surface area contributed by atoms with Crippen molar-refractivity contribution in [2.24, 2.45) is 7.05 Å². The van der Waals surface area contributed by atoms with E-state index in [9.17, 15) is 9.90 Å². The number of rotatable bonds is 1. The highest BCUT2D eigenvalue weighted by molar-refractivity contribution is 6.05. The fraction of sp³-hybridized carbons (Fsp3) is 0.308. The average Bonchev–Trinajstić information content (AvgIpc) is 2.67. The lowest BCUT2D eigenvalue weighted by atomic mass is 9.99. The molecule has 2 aromatic rings. The first-order chi connectivity index (χ1) is 8.18. The number of aromatic nitrogens is 1. The molecule has 4 heteroatoms. The third kappa shape index (κ3) is 1.40. The zero-order valence-corrected chi connectivity index (χ0v) is 9.56. The van der Waals surface area contributed by atoms with Crippen LogP contribution in [0.25, 0.3) is 10.9 Å². The minimum Gasteiger partial charge on any atom is -0.493 e. The van der Waals surface area contributed by atoms with Gasteiger partial charge in [-0.05, 0) is 25.0 Å². The Morgan fingerprint density at radius 3 is 3.06 bits per heavy atom. The molecule has 4 nitrogen and oxygen atoms in total. The van der Waals surface area contributed by atoms with Gasteiger partial charge in [-0.2, -0.15) is 0 Å². The van der Waals surface area contributed by atoms with Gasteiger partial charge in [0.25, 0.3) is 0 Å². The maximum atomic E-state index is 11.3. The monoisotopic (exact) mass is 231 g/mol. The summed E-state index contributed by atoms with van der Waals surface area (Å²) in [5, 5.41) is 10.1. The van der Waals surface area contributed by atoms with Crippen molar-refractivity contribution in [1.29, 1.82) is 0 Å². The molecule has 0 amide bonds. The third-order valence-corrected chi connectivity index (χ3v) is 3.28. The molecular weight excluding hydrogens is 218 g/mol. The maximum Gasteiger partial charge on any atom is 0.337 e. The molecule has 1 N–H and O–H groups in total. The van der Waals surface area contributed by atoms with Crippen LogP contribution in [-0.2, 0) is 13.5 Å². The minimum atomic E-state index is -0.880. The summed E-state index contributed by atoms with van der Waals surface area (Å²) in [6, 6.07) is 3.86. The largest absolute Gasteiger partial charge is 0.493 e. The summed E-state index contributed by atoms with van der Waals surface area (Å²) in [5.74, 6) is -0.0491. The van der Waals surface area contributed by atoms with E-state index in [2.05, 4.69) is 0 Å². The van der Waals surface area contributed by atoms with Gasteiger partial charge in [0, 0.05) is 29.7 Å². The van der Waals surface area contributed by atoms with Crippen LogP contribution in [0, 0.1) is 0 Å². The SMILES string of the molecule is Cn1cc(C(=O)O)c2c3c(ccc21)OCCC3. The van der Waals surface area contributed by atoms with Crippen LogP contribution in [0.2, 0.25) is 0 Å². The second-order valence-electron chi connectivity index (χ2n) is 4.35. The molecule has 0 radical (unpaired) electrons. The number of aryl methyl sites for hydroxylation is 2. The lowest BCUT2D eigenvalue weighted by Crippen LogP contribution is -2.09. The van der Waals surface area contributed by atoms with Crippen molar-refractivity contribution in [3.8, 4) is 5.75 Å². The summed E-state index contributed by atoms with van der Waals surface area (Å²) >= 11 is 0. The highest BCUT2D eigenvalue weighted by Gasteiger charge is 2.21. The molecule has 88 valence electrons. The smallest absolute Gasteiger partial charge is 0.337 e. The van der Waals surface area contributed by atoms with Gasteiger partial charge in [0.2, 0.25) is 0 Å². The van der Waals surface area contributed by atoms with Gasteiger partial charge in [-0.3, -0.25) is 0 Å². The molecule has 3 rings (SSSR count). The van der Waals surface area contributed by atoms with Crippen LogP contribution in [0.4, 0.5) is 0 Å².